The van der Waals surface area contributed by atoms with Gasteiger partial charge in [-0.25, -0.2) is 0 Å². The molecule has 0 saturated carbocycles. The van der Waals surface area contributed by atoms with E-state index in [-0.39, 0.29) is 18.1 Å². The van der Waals surface area contributed by atoms with E-state index < -0.39 is 5.56 Å². The molecule has 0 bridgehead atoms. The highest BCUT2D eigenvalue weighted by Crippen LogP contribution is 2.34. The zero-order chi connectivity index (χ0) is 22.9. The van der Waals surface area contributed by atoms with Gasteiger partial charge in [0, 0.05) is 18.0 Å². The summed E-state index contributed by atoms with van der Waals surface area (Å²) in [4.78, 5) is 13.0. The number of aryl methyl sites for hydroxylation is 1. The molecular weight excluding hydrogens is 402 g/mol. The number of hydrogen-bond acceptors (Lipinski definition) is 4. The Morgan fingerprint density at radius 3 is 2.53 bits per heavy atom. The number of ether oxygens (including phenoxy) is 2. The Kier molecular flexibility index (Phi) is 8.37. The van der Waals surface area contributed by atoms with Crippen molar-refractivity contribution in [2.75, 3.05) is 6.61 Å². The smallest absolute Gasteiger partial charge is 0.297 e. The van der Waals surface area contributed by atoms with E-state index in [4.69, 9.17) is 9.47 Å². The maximum atomic E-state index is 13.0. The Balaban J connectivity index is 1.98. The maximum absolute atomic E-state index is 13.0. The molecule has 1 aromatic heterocycles. The zero-order valence-corrected chi connectivity index (χ0v) is 19.3. The summed E-state index contributed by atoms with van der Waals surface area (Å²) in [5.74, 6) is 0.555. The van der Waals surface area contributed by atoms with Crippen molar-refractivity contribution in [1.82, 2.24) is 4.57 Å². The van der Waals surface area contributed by atoms with Crippen LogP contribution in [0.1, 0.15) is 52.0 Å². The first kappa shape index (κ1) is 23.5. The summed E-state index contributed by atoms with van der Waals surface area (Å²) in [6, 6.07) is 15.5. The molecule has 5 heteroatoms. The number of pyridine rings is 1. The van der Waals surface area contributed by atoms with Gasteiger partial charge in [-0.1, -0.05) is 62.1 Å². The molecule has 0 aliphatic heterocycles. The molecule has 170 valence electrons. The van der Waals surface area contributed by atoms with Crippen molar-refractivity contribution in [2.45, 2.75) is 59.6 Å². The summed E-state index contributed by atoms with van der Waals surface area (Å²) in [5.41, 5.74) is 2.46. The van der Waals surface area contributed by atoms with Gasteiger partial charge < -0.3 is 19.1 Å². The molecule has 0 atom stereocenters. The van der Waals surface area contributed by atoms with Crippen molar-refractivity contribution in [3.05, 3.63) is 76.1 Å². The maximum Gasteiger partial charge on any atom is 0.297 e. The normalized spacial score (nSPS) is 10.8. The van der Waals surface area contributed by atoms with Crippen molar-refractivity contribution >= 4 is 10.9 Å². The number of nitrogens with zero attached hydrogens (tertiary/aromatic N) is 1. The third kappa shape index (κ3) is 5.94. The number of benzene rings is 2. The molecule has 0 radical (unpaired) electrons. The molecule has 32 heavy (non-hydrogen) atoms. The fraction of sp³-hybridized carbons (Fsp3) is 0.370. The van der Waals surface area contributed by atoms with Gasteiger partial charge in [0.1, 0.15) is 19.0 Å². The third-order valence-electron chi connectivity index (χ3n) is 5.37. The molecule has 0 aliphatic carbocycles. The highest BCUT2D eigenvalue weighted by atomic mass is 16.5. The summed E-state index contributed by atoms with van der Waals surface area (Å²) in [7, 11) is 0. The van der Waals surface area contributed by atoms with Crippen LogP contribution < -0.4 is 15.0 Å². The van der Waals surface area contributed by atoms with Crippen LogP contribution in [0.3, 0.4) is 0 Å². The lowest BCUT2D eigenvalue weighted by molar-refractivity contribution is 0.306. The van der Waals surface area contributed by atoms with Gasteiger partial charge in [-0.15, -0.1) is 0 Å². The van der Waals surface area contributed by atoms with Crippen LogP contribution in [0.2, 0.25) is 0 Å². The molecule has 2 aromatic carbocycles. The molecule has 1 heterocycles. The topological polar surface area (TPSA) is 60.7 Å². The van der Waals surface area contributed by atoms with Gasteiger partial charge in [-0.3, -0.25) is 4.79 Å². The molecule has 0 fully saturated rings. The Hall–Kier alpha value is -3.21. The highest BCUT2D eigenvalue weighted by Gasteiger charge is 2.18. The van der Waals surface area contributed by atoms with Crippen LogP contribution in [-0.2, 0) is 13.2 Å². The summed E-state index contributed by atoms with van der Waals surface area (Å²) in [5, 5.41) is 11.4. The average molecular weight is 436 g/mol. The molecular formula is C27H33NO4. The standard InChI is InChI=1S/C27H33NO4/c1-4-5-6-10-16-28-24-18-22(32-19-21-11-8-7-9-12-21)13-14-23(24)26(25(29)27(28)30)31-17-15-20(2)3/h7-9,11-15,18,29H,4-6,10,16-17,19H2,1-3H3. The monoisotopic (exact) mass is 435 g/mol. The van der Waals surface area contributed by atoms with Crippen molar-refractivity contribution in [1.29, 1.82) is 0 Å². The lowest BCUT2D eigenvalue weighted by Crippen LogP contribution is -2.21. The first-order valence-electron chi connectivity index (χ1n) is 11.3. The van der Waals surface area contributed by atoms with Gasteiger partial charge in [-0.2, -0.15) is 0 Å². The minimum atomic E-state index is -0.429. The van der Waals surface area contributed by atoms with Crippen molar-refractivity contribution in [3.8, 4) is 17.2 Å². The number of aromatic nitrogens is 1. The number of allylic oxidation sites excluding steroid dienone is 1. The summed E-state index contributed by atoms with van der Waals surface area (Å²) < 4.78 is 13.5. The Morgan fingerprint density at radius 1 is 1.03 bits per heavy atom. The van der Waals surface area contributed by atoms with E-state index in [9.17, 15) is 9.90 Å². The Bertz CT molecular complexity index is 1110. The molecule has 0 aliphatic rings. The first-order valence-corrected chi connectivity index (χ1v) is 11.3. The number of fused-ring (bicyclic) bond motifs is 1. The van der Waals surface area contributed by atoms with Crippen LogP contribution in [0.15, 0.2) is 65.0 Å². The van der Waals surface area contributed by atoms with Crippen LogP contribution in [0.25, 0.3) is 10.9 Å². The molecule has 0 amide bonds. The Morgan fingerprint density at radius 2 is 1.81 bits per heavy atom. The van der Waals surface area contributed by atoms with Crippen LogP contribution in [0.5, 0.6) is 17.2 Å². The zero-order valence-electron chi connectivity index (χ0n) is 19.3. The van der Waals surface area contributed by atoms with E-state index in [1.165, 1.54) is 0 Å². The van der Waals surface area contributed by atoms with Gasteiger partial charge in [0.15, 0.2) is 5.75 Å². The predicted molar refractivity (Wildman–Crippen MR) is 130 cm³/mol. The van der Waals surface area contributed by atoms with E-state index in [0.717, 1.165) is 36.8 Å². The van der Waals surface area contributed by atoms with Gasteiger partial charge in [0.25, 0.3) is 5.56 Å². The van der Waals surface area contributed by atoms with Crippen LogP contribution in [-0.4, -0.2) is 16.3 Å². The second-order valence-corrected chi connectivity index (χ2v) is 8.24. The molecule has 1 N–H and O–H groups in total. The molecule has 3 aromatic rings. The molecule has 3 rings (SSSR count). The van der Waals surface area contributed by atoms with Gasteiger partial charge >= 0.3 is 0 Å². The highest BCUT2D eigenvalue weighted by molar-refractivity contribution is 5.89. The van der Waals surface area contributed by atoms with Crippen LogP contribution in [0, 0.1) is 0 Å². The second kappa shape index (κ2) is 11.4. The predicted octanol–water partition coefficient (Wildman–Crippen LogP) is 6.21. The molecule has 0 unspecified atom stereocenters. The lowest BCUT2D eigenvalue weighted by atomic mass is 10.1. The van der Waals surface area contributed by atoms with Crippen molar-refractivity contribution in [3.63, 3.8) is 0 Å². The van der Waals surface area contributed by atoms with E-state index in [2.05, 4.69) is 6.92 Å². The Labute approximate surface area is 189 Å². The first-order chi connectivity index (χ1) is 15.5. The van der Waals surface area contributed by atoms with Crippen molar-refractivity contribution in [2.24, 2.45) is 0 Å². The van der Waals surface area contributed by atoms with Crippen molar-refractivity contribution < 1.29 is 14.6 Å². The fourth-order valence-corrected chi connectivity index (χ4v) is 3.58. The molecule has 5 nitrogen and oxygen atoms in total. The summed E-state index contributed by atoms with van der Waals surface area (Å²) in [6.45, 7) is 7.38. The number of aromatic hydroxyl groups is 1. The minimum Gasteiger partial charge on any atom is -0.500 e. The van der Waals surface area contributed by atoms with E-state index in [1.807, 2.05) is 68.5 Å². The third-order valence-corrected chi connectivity index (χ3v) is 5.37. The second-order valence-electron chi connectivity index (χ2n) is 8.24. The number of unbranched alkanes of at least 4 members (excludes halogenated alkanes) is 3. The average Bonchev–Trinajstić information content (AvgIpc) is 2.80. The van der Waals surface area contributed by atoms with E-state index in [0.29, 0.717) is 29.8 Å². The van der Waals surface area contributed by atoms with E-state index >= 15 is 0 Å². The minimum absolute atomic E-state index is 0.224. The fourth-order valence-electron chi connectivity index (χ4n) is 3.58. The summed E-state index contributed by atoms with van der Waals surface area (Å²) >= 11 is 0. The SMILES string of the molecule is CCCCCCn1c(=O)c(O)c(OCC=C(C)C)c2ccc(OCc3ccccc3)cc21. The van der Waals surface area contributed by atoms with Gasteiger partial charge in [0.05, 0.1) is 5.52 Å². The lowest BCUT2D eigenvalue weighted by Gasteiger charge is -2.17. The van der Waals surface area contributed by atoms with E-state index in [1.54, 1.807) is 4.57 Å². The summed E-state index contributed by atoms with van der Waals surface area (Å²) in [6.07, 6.45) is 6.06. The van der Waals surface area contributed by atoms with Crippen LogP contribution in [0.4, 0.5) is 0 Å². The quantitative estimate of drug-likeness (QED) is 0.287. The van der Waals surface area contributed by atoms with Crippen LogP contribution >= 0.6 is 0 Å². The molecule has 0 saturated heterocycles. The molecule has 0 spiro atoms. The number of rotatable bonds is 11. The largest absolute Gasteiger partial charge is 0.500 e. The van der Waals surface area contributed by atoms with Gasteiger partial charge in [0.2, 0.25) is 5.75 Å². The van der Waals surface area contributed by atoms with Gasteiger partial charge in [-0.05, 0) is 44.0 Å². The number of hydrogen-bond donors (Lipinski definition) is 1.